The minimum absolute atomic E-state index is 0.229. The second kappa shape index (κ2) is 6.17. The van der Waals surface area contributed by atoms with E-state index in [2.05, 4.69) is 58.8 Å². The maximum Gasteiger partial charge on any atom is 0.107 e. The lowest BCUT2D eigenvalue weighted by Crippen LogP contribution is -2.33. The van der Waals surface area contributed by atoms with Crippen molar-refractivity contribution in [3.63, 3.8) is 0 Å². The molecule has 112 valence electrons. The zero-order valence-corrected chi connectivity index (χ0v) is 13.4. The van der Waals surface area contributed by atoms with Crippen molar-refractivity contribution in [3.8, 4) is 0 Å². The highest BCUT2D eigenvalue weighted by Gasteiger charge is 2.24. The van der Waals surface area contributed by atoms with Crippen LogP contribution < -0.4 is 5.32 Å². The van der Waals surface area contributed by atoms with E-state index in [1.54, 1.807) is 0 Å². The summed E-state index contributed by atoms with van der Waals surface area (Å²) in [5.74, 6) is 3.29. The van der Waals surface area contributed by atoms with E-state index in [1.165, 1.54) is 22.3 Å². The maximum absolute atomic E-state index is 4.68. The Morgan fingerprint density at radius 3 is 2.14 bits per heavy atom. The fraction of sp³-hybridized carbons (Fsp3) is 0.316. The Labute approximate surface area is 136 Å². The normalized spacial score (nSPS) is 17.9. The number of hydrogen-bond donors (Lipinski definition) is 1. The van der Waals surface area contributed by atoms with Crippen LogP contribution in [0.4, 0.5) is 0 Å². The van der Waals surface area contributed by atoms with Gasteiger partial charge in [-0.1, -0.05) is 48.5 Å². The van der Waals surface area contributed by atoms with E-state index in [4.69, 9.17) is 0 Å². The van der Waals surface area contributed by atoms with Gasteiger partial charge in [-0.15, -0.1) is 0 Å². The number of fused-ring (bicyclic) bond motifs is 2. The van der Waals surface area contributed by atoms with Crippen LogP contribution in [0.5, 0.6) is 0 Å². The molecule has 0 bridgehead atoms. The molecule has 2 aliphatic rings. The van der Waals surface area contributed by atoms with Gasteiger partial charge < -0.3 is 5.32 Å². The monoisotopic (exact) mass is 308 g/mol. The fourth-order valence-electron chi connectivity index (χ4n) is 3.39. The molecule has 1 heterocycles. The molecule has 1 aliphatic carbocycles. The Balaban J connectivity index is 1.78. The van der Waals surface area contributed by atoms with Gasteiger partial charge in [-0.25, -0.2) is 0 Å². The molecule has 2 aromatic rings. The number of benzene rings is 2. The average molecular weight is 308 g/mol. The third-order valence-electron chi connectivity index (χ3n) is 4.48. The quantitative estimate of drug-likeness (QED) is 0.870. The summed E-state index contributed by atoms with van der Waals surface area (Å²) in [5.41, 5.74) is 5.73. The molecule has 1 aliphatic heterocycles. The molecule has 2 nitrogen and oxygen atoms in total. The first kappa shape index (κ1) is 13.9. The van der Waals surface area contributed by atoms with Crippen LogP contribution in [0.25, 0.3) is 0 Å². The van der Waals surface area contributed by atoms with Gasteiger partial charge in [0.05, 0.1) is 18.3 Å². The van der Waals surface area contributed by atoms with Crippen LogP contribution in [-0.4, -0.2) is 23.9 Å². The van der Waals surface area contributed by atoms with E-state index in [9.17, 15) is 0 Å². The molecule has 0 saturated heterocycles. The molecule has 0 unspecified atom stereocenters. The van der Waals surface area contributed by atoms with Crippen molar-refractivity contribution in [2.75, 3.05) is 18.1 Å². The minimum atomic E-state index is 0.229. The zero-order valence-electron chi connectivity index (χ0n) is 12.6. The molecule has 0 spiro atoms. The molecular weight excluding hydrogens is 288 g/mol. The highest BCUT2D eigenvalue weighted by molar-refractivity contribution is 8.00. The number of aryl methyl sites for hydroxylation is 2. The molecule has 0 fully saturated rings. The van der Waals surface area contributed by atoms with Crippen LogP contribution in [0.1, 0.15) is 28.3 Å². The van der Waals surface area contributed by atoms with Crippen LogP contribution in [0, 0.1) is 0 Å². The average Bonchev–Trinajstić information content (AvgIpc) is 2.74. The van der Waals surface area contributed by atoms with Crippen LogP contribution in [0.15, 0.2) is 53.5 Å². The second-order valence-electron chi connectivity index (χ2n) is 5.86. The van der Waals surface area contributed by atoms with Crippen molar-refractivity contribution < 1.29 is 0 Å². The molecule has 1 N–H and O–H groups in total. The number of nitrogens with one attached hydrogen (secondary N) is 1. The smallest absolute Gasteiger partial charge is 0.107 e. The lowest BCUT2D eigenvalue weighted by molar-refractivity contribution is 0.750. The van der Waals surface area contributed by atoms with E-state index in [-0.39, 0.29) is 6.04 Å². The van der Waals surface area contributed by atoms with Gasteiger partial charge in [0.25, 0.3) is 0 Å². The standard InChI is InChI=1S/C19H20N2S/c1-3-7-16-14(5-1)9-10-15-6-2-4-8-17(15)19(16)21-18-13-22-12-11-20-18/h1-8,19H,9-13H2,(H,20,21). The lowest BCUT2D eigenvalue weighted by Gasteiger charge is -2.25. The van der Waals surface area contributed by atoms with E-state index >= 15 is 0 Å². The molecule has 0 amide bonds. The number of amidine groups is 1. The van der Waals surface area contributed by atoms with E-state index < -0.39 is 0 Å². The number of hydrogen-bond acceptors (Lipinski definition) is 3. The van der Waals surface area contributed by atoms with E-state index in [0.717, 1.165) is 36.7 Å². The van der Waals surface area contributed by atoms with Crippen LogP contribution in [-0.2, 0) is 12.8 Å². The summed E-state index contributed by atoms with van der Waals surface area (Å²) >= 11 is 1.97. The highest BCUT2D eigenvalue weighted by Crippen LogP contribution is 2.32. The lowest BCUT2D eigenvalue weighted by atomic mass is 9.94. The number of aliphatic imine (C=N–C) groups is 1. The Kier molecular flexibility index (Phi) is 3.90. The van der Waals surface area contributed by atoms with E-state index in [1.807, 2.05) is 11.8 Å². The summed E-state index contributed by atoms with van der Waals surface area (Å²) in [7, 11) is 0. The third kappa shape index (κ3) is 2.66. The Morgan fingerprint density at radius 2 is 1.55 bits per heavy atom. The molecule has 2 aromatic carbocycles. The van der Waals surface area contributed by atoms with Crippen molar-refractivity contribution in [2.45, 2.75) is 18.9 Å². The van der Waals surface area contributed by atoms with E-state index in [0.29, 0.717) is 0 Å². The molecule has 3 heteroatoms. The molecule has 0 atom stereocenters. The summed E-state index contributed by atoms with van der Waals surface area (Å²) in [5, 5.41) is 3.74. The summed E-state index contributed by atoms with van der Waals surface area (Å²) in [6.07, 6.45) is 2.24. The number of thioether (sulfide) groups is 1. The van der Waals surface area contributed by atoms with Gasteiger partial charge in [0.2, 0.25) is 0 Å². The maximum atomic E-state index is 4.68. The Morgan fingerprint density at radius 1 is 0.909 bits per heavy atom. The van der Waals surface area contributed by atoms with Gasteiger partial charge in [0, 0.05) is 5.75 Å². The third-order valence-corrected chi connectivity index (χ3v) is 5.43. The van der Waals surface area contributed by atoms with Gasteiger partial charge in [-0.2, -0.15) is 11.8 Å². The van der Waals surface area contributed by atoms with Crippen molar-refractivity contribution in [3.05, 3.63) is 70.8 Å². The van der Waals surface area contributed by atoms with Crippen LogP contribution in [0.3, 0.4) is 0 Å². The number of rotatable bonds is 1. The van der Waals surface area contributed by atoms with Crippen molar-refractivity contribution in [2.24, 2.45) is 4.99 Å². The van der Waals surface area contributed by atoms with Gasteiger partial charge >= 0.3 is 0 Å². The molecular formula is C19H20N2S. The molecule has 0 aromatic heterocycles. The SMILES string of the molecule is c1ccc2c(c1)CCc1ccccc1C2NC1=NCCSC1. The number of nitrogens with zero attached hydrogens (tertiary/aromatic N) is 1. The Hall–Kier alpha value is -1.74. The minimum Gasteiger partial charge on any atom is -0.362 e. The largest absolute Gasteiger partial charge is 0.362 e. The van der Waals surface area contributed by atoms with Crippen molar-refractivity contribution >= 4 is 17.6 Å². The first-order valence-electron chi connectivity index (χ1n) is 7.95. The first-order valence-corrected chi connectivity index (χ1v) is 9.10. The summed E-state index contributed by atoms with van der Waals surface area (Å²) in [6.45, 7) is 0.934. The first-order chi connectivity index (χ1) is 10.9. The molecule has 0 radical (unpaired) electrons. The topological polar surface area (TPSA) is 24.4 Å². The van der Waals surface area contributed by atoms with Gasteiger partial charge in [-0.3, -0.25) is 4.99 Å². The van der Waals surface area contributed by atoms with Crippen molar-refractivity contribution in [1.82, 2.24) is 5.32 Å². The fourth-order valence-corrected chi connectivity index (χ4v) is 4.13. The summed E-state index contributed by atoms with van der Waals surface area (Å²) in [6, 6.07) is 17.9. The predicted molar refractivity (Wildman–Crippen MR) is 94.9 cm³/mol. The van der Waals surface area contributed by atoms with Crippen molar-refractivity contribution in [1.29, 1.82) is 0 Å². The molecule has 22 heavy (non-hydrogen) atoms. The van der Waals surface area contributed by atoms with Gasteiger partial charge in [0.1, 0.15) is 5.84 Å². The summed E-state index contributed by atoms with van der Waals surface area (Å²) < 4.78 is 0. The van der Waals surface area contributed by atoms with Crippen LogP contribution in [0.2, 0.25) is 0 Å². The predicted octanol–water partition coefficient (Wildman–Crippen LogP) is 3.61. The highest BCUT2D eigenvalue weighted by atomic mass is 32.2. The molecule has 0 saturated carbocycles. The second-order valence-corrected chi connectivity index (χ2v) is 6.96. The zero-order chi connectivity index (χ0) is 14.8. The van der Waals surface area contributed by atoms with Crippen LogP contribution >= 0.6 is 11.8 Å². The molecule has 4 rings (SSSR count). The summed E-state index contributed by atoms with van der Waals surface area (Å²) in [4.78, 5) is 4.68. The van der Waals surface area contributed by atoms with Gasteiger partial charge in [-0.05, 0) is 35.1 Å². The Bertz CT molecular complexity index is 661. The van der Waals surface area contributed by atoms with Gasteiger partial charge in [0.15, 0.2) is 0 Å².